The van der Waals surface area contributed by atoms with Crippen LogP contribution in [-0.4, -0.2) is 33.2 Å². The van der Waals surface area contributed by atoms with Crippen LogP contribution in [0.15, 0.2) is 30.3 Å². The lowest BCUT2D eigenvalue weighted by Crippen LogP contribution is -2.42. The van der Waals surface area contributed by atoms with E-state index >= 15 is 0 Å². The van der Waals surface area contributed by atoms with Crippen LogP contribution in [0.5, 0.6) is 0 Å². The van der Waals surface area contributed by atoms with Gasteiger partial charge in [0.2, 0.25) is 10.0 Å². The molecule has 0 radical (unpaired) electrons. The summed E-state index contributed by atoms with van der Waals surface area (Å²) in [5.74, 6) is -3.43. The van der Waals surface area contributed by atoms with Gasteiger partial charge in [0.1, 0.15) is 0 Å². The van der Waals surface area contributed by atoms with Crippen molar-refractivity contribution in [2.75, 3.05) is 18.8 Å². The average molecular weight is 278 g/mol. The summed E-state index contributed by atoms with van der Waals surface area (Å²) in [6.45, 7) is -1.84. The van der Waals surface area contributed by atoms with E-state index in [1.54, 1.807) is 24.3 Å². The molecular weight excluding hydrogens is 262 g/mol. The highest BCUT2D eigenvalue weighted by atomic mass is 32.2. The molecule has 0 heterocycles. The molecule has 0 saturated heterocycles. The second kappa shape index (κ2) is 6.21. The van der Waals surface area contributed by atoms with Crippen LogP contribution in [0.2, 0.25) is 0 Å². The maximum absolute atomic E-state index is 12.8. The zero-order valence-corrected chi connectivity index (χ0v) is 10.6. The standard InChI is InChI=1S/C11H16F2N2O2S/c12-11(13,8-14)9-15-18(16,17)7-6-10-4-2-1-3-5-10/h1-5,15H,6-9,14H2. The molecule has 1 aromatic rings. The molecule has 4 nitrogen and oxygen atoms in total. The van der Waals surface area contributed by atoms with Crippen LogP contribution in [0.3, 0.4) is 0 Å². The van der Waals surface area contributed by atoms with Crippen molar-refractivity contribution in [1.29, 1.82) is 0 Å². The quantitative estimate of drug-likeness (QED) is 0.773. The highest BCUT2D eigenvalue weighted by molar-refractivity contribution is 7.89. The molecule has 0 fully saturated rings. The van der Waals surface area contributed by atoms with Crippen molar-refractivity contribution in [3.63, 3.8) is 0 Å². The number of alkyl halides is 2. The van der Waals surface area contributed by atoms with Gasteiger partial charge in [0.15, 0.2) is 0 Å². The van der Waals surface area contributed by atoms with Gasteiger partial charge in [-0.25, -0.2) is 21.9 Å². The maximum atomic E-state index is 12.8. The minimum atomic E-state index is -3.71. The second-order valence-corrected chi connectivity index (χ2v) is 5.86. The highest BCUT2D eigenvalue weighted by Crippen LogP contribution is 2.09. The Morgan fingerprint density at radius 3 is 2.39 bits per heavy atom. The Balaban J connectivity index is 2.46. The van der Waals surface area contributed by atoms with Gasteiger partial charge in [-0.15, -0.1) is 0 Å². The van der Waals surface area contributed by atoms with Gasteiger partial charge in [-0.05, 0) is 12.0 Å². The van der Waals surface area contributed by atoms with Crippen molar-refractivity contribution in [3.05, 3.63) is 35.9 Å². The molecule has 0 bridgehead atoms. The van der Waals surface area contributed by atoms with Crippen molar-refractivity contribution < 1.29 is 17.2 Å². The smallest absolute Gasteiger partial charge is 0.273 e. The summed E-state index contributed by atoms with van der Waals surface area (Å²) in [5, 5.41) is 0. The monoisotopic (exact) mass is 278 g/mol. The number of nitrogens with one attached hydrogen (secondary N) is 1. The Morgan fingerprint density at radius 2 is 1.83 bits per heavy atom. The van der Waals surface area contributed by atoms with Gasteiger partial charge in [-0.1, -0.05) is 30.3 Å². The fraction of sp³-hybridized carbons (Fsp3) is 0.455. The number of hydrogen-bond acceptors (Lipinski definition) is 3. The van der Waals surface area contributed by atoms with E-state index in [9.17, 15) is 17.2 Å². The normalized spacial score (nSPS) is 12.6. The van der Waals surface area contributed by atoms with Gasteiger partial charge in [0, 0.05) is 0 Å². The summed E-state index contributed by atoms with van der Waals surface area (Å²) >= 11 is 0. The Kier molecular flexibility index (Phi) is 5.18. The predicted molar refractivity (Wildman–Crippen MR) is 65.9 cm³/mol. The molecule has 0 amide bonds. The van der Waals surface area contributed by atoms with E-state index in [1.165, 1.54) is 0 Å². The Labute approximate surface area is 105 Å². The van der Waals surface area contributed by atoms with Gasteiger partial charge >= 0.3 is 0 Å². The van der Waals surface area contributed by atoms with E-state index in [2.05, 4.69) is 0 Å². The van der Waals surface area contributed by atoms with Gasteiger partial charge in [0.25, 0.3) is 5.92 Å². The number of sulfonamides is 1. The predicted octanol–water partition coefficient (Wildman–Crippen LogP) is 0.742. The van der Waals surface area contributed by atoms with Crippen molar-refractivity contribution in [2.24, 2.45) is 5.73 Å². The molecule has 0 unspecified atom stereocenters. The fourth-order valence-corrected chi connectivity index (χ4v) is 2.34. The molecule has 18 heavy (non-hydrogen) atoms. The molecule has 102 valence electrons. The number of rotatable bonds is 7. The Bertz CT molecular complexity index is 463. The van der Waals surface area contributed by atoms with Gasteiger partial charge in [0.05, 0.1) is 18.8 Å². The van der Waals surface area contributed by atoms with Crippen LogP contribution in [-0.2, 0) is 16.4 Å². The molecule has 0 saturated carbocycles. The van der Waals surface area contributed by atoms with E-state index in [0.29, 0.717) is 0 Å². The topological polar surface area (TPSA) is 72.2 Å². The number of halogens is 2. The molecular formula is C11H16F2N2O2S. The molecule has 1 rings (SSSR count). The third-order valence-electron chi connectivity index (χ3n) is 2.35. The third-order valence-corrected chi connectivity index (χ3v) is 3.68. The van der Waals surface area contributed by atoms with Crippen LogP contribution in [0.4, 0.5) is 8.78 Å². The molecule has 0 atom stereocenters. The Morgan fingerprint density at radius 1 is 1.22 bits per heavy atom. The number of aryl methyl sites for hydroxylation is 1. The lowest BCUT2D eigenvalue weighted by Gasteiger charge is -2.14. The van der Waals surface area contributed by atoms with E-state index in [0.717, 1.165) is 5.56 Å². The zero-order valence-electron chi connectivity index (χ0n) is 9.77. The second-order valence-electron chi connectivity index (χ2n) is 3.94. The van der Waals surface area contributed by atoms with Gasteiger partial charge in [-0.2, -0.15) is 0 Å². The number of hydrogen-bond donors (Lipinski definition) is 2. The Hall–Kier alpha value is -1.05. The molecule has 0 aromatic heterocycles. The summed E-state index contributed by atoms with van der Waals surface area (Å²) in [7, 11) is -3.71. The first-order valence-corrected chi connectivity index (χ1v) is 7.09. The van der Waals surface area contributed by atoms with Crippen molar-refractivity contribution >= 4 is 10.0 Å². The third kappa shape index (κ3) is 5.52. The highest BCUT2D eigenvalue weighted by Gasteiger charge is 2.28. The zero-order chi connectivity index (χ0) is 13.6. The van der Waals surface area contributed by atoms with E-state index in [1.807, 2.05) is 10.8 Å². The van der Waals surface area contributed by atoms with E-state index in [4.69, 9.17) is 5.73 Å². The molecule has 7 heteroatoms. The lowest BCUT2D eigenvalue weighted by molar-refractivity contribution is 0.0170. The molecule has 0 aliphatic rings. The van der Waals surface area contributed by atoms with Crippen molar-refractivity contribution in [2.45, 2.75) is 12.3 Å². The molecule has 0 spiro atoms. The van der Waals surface area contributed by atoms with Gasteiger partial charge < -0.3 is 5.73 Å². The van der Waals surface area contributed by atoms with Crippen LogP contribution in [0.1, 0.15) is 5.56 Å². The number of benzene rings is 1. The first-order chi connectivity index (χ1) is 8.35. The minimum absolute atomic E-state index is 0.225. The van der Waals surface area contributed by atoms with Crippen LogP contribution in [0.25, 0.3) is 0 Å². The SMILES string of the molecule is NCC(F)(F)CNS(=O)(=O)CCc1ccccc1. The molecule has 1 aromatic carbocycles. The largest absolute Gasteiger partial charge is 0.325 e. The number of nitrogens with two attached hydrogens (primary N) is 1. The van der Waals surface area contributed by atoms with Crippen LogP contribution >= 0.6 is 0 Å². The van der Waals surface area contributed by atoms with Gasteiger partial charge in [-0.3, -0.25) is 0 Å². The summed E-state index contributed by atoms with van der Waals surface area (Å²) in [6, 6.07) is 8.96. The molecule has 3 N–H and O–H groups in total. The van der Waals surface area contributed by atoms with Crippen LogP contribution in [0, 0.1) is 0 Å². The minimum Gasteiger partial charge on any atom is -0.325 e. The summed E-state index contributed by atoms with van der Waals surface area (Å²) in [4.78, 5) is 0. The van der Waals surface area contributed by atoms with E-state index < -0.39 is 29.0 Å². The maximum Gasteiger partial charge on any atom is 0.273 e. The van der Waals surface area contributed by atoms with Crippen LogP contribution < -0.4 is 10.5 Å². The average Bonchev–Trinajstić information content (AvgIpc) is 2.36. The molecule has 0 aliphatic carbocycles. The summed E-state index contributed by atoms with van der Waals surface area (Å²) in [5.41, 5.74) is 5.66. The first-order valence-electron chi connectivity index (χ1n) is 5.44. The first kappa shape index (κ1) is 15.0. The van der Waals surface area contributed by atoms with Crippen molar-refractivity contribution in [1.82, 2.24) is 4.72 Å². The fourth-order valence-electron chi connectivity index (χ4n) is 1.26. The van der Waals surface area contributed by atoms with E-state index in [-0.39, 0.29) is 12.2 Å². The summed E-state index contributed by atoms with van der Waals surface area (Å²) in [6.07, 6.45) is 0.282. The van der Waals surface area contributed by atoms with Crippen molar-refractivity contribution in [3.8, 4) is 0 Å². The molecule has 0 aliphatic heterocycles. The summed E-state index contributed by atoms with van der Waals surface area (Å²) < 4.78 is 50.4. The lowest BCUT2D eigenvalue weighted by atomic mass is 10.2.